The summed E-state index contributed by atoms with van der Waals surface area (Å²) in [5.41, 5.74) is 6.68. The maximum absolute atomic E-state index is 13.9. The lowest BCUT2D eigenvalue weighted by molar-refractivity contribution is 0.260. The van der Waals surface area contributed by atoms with Gasteiger partial charge in [-0.1, -0.05) is 12.1 Å². The zero-order chi connectivity index (χ0) is 26.5. The summed E-state index contributed by atoms with van der Waals surface area (Å²) in [5.74, 6) is 1.06. The van der Waals surface area contributed by atoms with Gasteiger partial charge < -0.3 is 19.5 Å². The Morgan fingerprint density at radius 2 is 2.00 bits per heavy atom. The van der Waals surface area contributed by atoms with Crippen LogP contribution in [-0.2, 0) is 0 Å². The number of allylic oxidation sites excluding steroid dienone is 1. The van der Waals surface area contributed by atoms with Gasteiger partial charge in [-0.15, -0.1) is 0 Å². The van der Waals surface area contributed by atoms with Crippen LogP contribution in [0.5, 0.6) is 5.75 Å². The van der Waals surface area contributed by atoms with Crippen molar-refractivity contribution in [3.05, 3.63) is 83.0 Å². The number of hydrogen-bond donors (Lipinski definition) is 2. The number of fused-ring (bicyclic) bond motifs is 3. The molecule has 9 nitrogen and oxygen atoms in total. The molecule has 1 saturated heterocycles. The van der Waals surface area contributed by atoms with Crippen LogP contribution in [0.2, 0.25) is 0 Å². The molecule has 194 valence electrons. The van der Waals surface area contributed by atoms with E-state index in [2.05, 4.69) is 41.0 Å². The van der Waals surface area contributed by atoms with Crippen LogP contribution < -0.4 is 15.3 Å². The first-order valence-electron chi connectivity index (χ1n) is 12.7. The molecule has 2 N–H and O–H groups in total. The van der Waals surface area contributed by atoms with Crippen LogP contribution in [0.3, 0.4) is 0 Å². The predicted molar refractivity (Wildman–Crippen MR) is 147 cm³/mol. The van der Waals surface area contributed by atoms with Crippen LogP contribution >= 0.6 is 0 Å². The Hall–Kier alpha value is -4.83. The third kappa shape index (κ3) is 4.24. The average Bonchev–Trinajstić information content (AvgIpc) is 3.42. The minimum atomic E-state index is -0.315. The first-order chi connectivity index (χ1) is 19.0. The van der Waals surface area contributed by atoms with E-state index in [-0.39, 0.29) is 5.82 Å². The molecule has 1 aromatic carbocycles. The molecule has 0 aliphatic carbocycles. The molecule has 7 rings (SSSR count). The van der Waals surface area contributed by atoms with Crippen molar-refractivity contribution in [2.24, 2.45) is 0 Å². The number of halogens is 1. The summed E-state index contributed by atoms with van der Waals surface area (Å²) in [6.45, 7) is 2.20. The fourth-order valence-electron chi connectivity index (χ4n) is 4.88. The van der Waals surface area contributed by atoms with Gasteiger partial charge in [0.25, 0.3) is 0 Å². The van der Waals surface area contributed by atoms with Crippen molar-refractivity contribution in [1.29, 1.82) is 0 Å². The molecule has 0 radical (unpaired) electrons. The maximum atomic E-state index is 13.9. The Bertz CT molecular complexity index is 1890. The summed E-state index contributed by atoms with van der Waals surface area (Å²) in [4.78, 5) is 21.5. The highest BCUT2D eigenvalue weighted by molar-refractivity contribution is 5.92. The normalized spacial score (nSPS) is 14.1. The first-order valence-corrected chi connectivity index (χ1v) is 12.7. The van der Waals surface area contributed by atoms with Gasteiger partial charge >= 0.3 is 0 Å². The van der Waals surface area contributed by atoms with Gasteiger partial charge in [0.05, 0.1) is 45.9 Å². The Kier molecular flexibility index (Phi) is 5.48. The lowest BCUT2D eigenvalue weighted by Crippen LogP contribution is -2.24. The largest absolute Gasteiger partial charge is 0.491 e. The first kappa shape index (κ1) is 23.3. The highest BCUT2D eigenvalue weighted by Gasteiger charge is 2.34. The summed E-state index contributed by atoms with van der Waals surface area (Å²) >= 11 is 0. The number of nitrogens with one attached hydrogen (secondary N) is 2. The second-order valence-electron chi connectivity index (χ2n) is 9.82. The molecule has 4 aromatic heterocycles. The molecule has 0 bridgehead atoms. The SMILES string of the molecule is CN(C)CCOc1cncc(C2=CC=c3[nH]nc(-c4nc5c(-c6cccc(F)c6)nccc5[nH]4)c3=C3CN23)c1. The zero-order valence-corrected chi connectivity index (χ0v) is 21.4. The molecule has 0 spiro atoms. The highest BCUT2D eigenvalue weighted by atomic mass is 19.1. The van der Waals surface area contributed by atoms with Gasteiger partial charge in [0.2, 0.25) is 0 Å². The molecule has 6 heterocycles. The van der Waals surface area contributed by atoms with Gasteiger partial charge in [-0.2, -0.15) is 5.10 Å². The second-order valence-corrected chi connectivity index (χ2v) is 9.82. The van der Waals surface area contributed by atoms with E-state index in [1.54, 1.807) is 18.5 Å². The summed E-state index contributed by atoms with van der Waals surface area (Å²) < 4.78 is 19.8. The second kappa shape index (κ2) is 9.17. The van der Waals surface area contributed by atoms with E-state index in [9.17, 15) is 4.39 Å². The van der Waals surface area contributed by atoms with Crippen molar-refractivity contribution in [2.45, 2.75) is 0 Å². The lowest BCUT2D eigenvalue weighted by atomic mass is 10.1. The Labute approximate surface area is 223 Å². The highest BCUT2D eigenvalue weighted by Crippen LogP contribution is 2.37. The number of likely N-dealkylation sites (N-methyl/N-ethyl adjacent to an activating group) is 1. The summed E-state index contributed by atoms with van der Waals surface area (Å²) in [6.07, 6.45) is 9.40. The Morgan fingerprint density at radius 1 is 1.08 bits per heavy atom. The third-order valence-electron chi connectivity index (χ3n) is 6.85. The van der Waals surface area contributed by atoms with Crippen LogP contribution in [-0.4, -0.2) is 73.7 Å². The van der Waals surface area contributed by atoms with E-state index in [4.69, 9.17) is 9.72 Å². The van der Waals surface area contributed by atoms with Crippen LogP contribution in [0.25, 0.3) is 51.3 Å². The molecule has 2 aliphatic rings. The number of H-pyrrole nitrogens is 2. The quantitative estimate of drug-likeness (QED) is 0.319. The topological polar surface area (TPSA) is 98.6 Å². The monoisotopic (exact) mass is 520 g/mol. The molecule has 1 fully saturated rings. The number of pyridine rings is 2. The van der Waals surface area contributed by atoms with Gasteiger partial charge in [-0.05, 0) is 50.5 Å². The van der Waals surface area contributed by atoms with Crippen molar-refractivity contribution in [3.8, 4) is 28.5 Å². The number of benzene rings is 1. The van der Waals surface area contributed by atoms with Gasteiger partial charge in [0, 0.05) is 30.1 Å². The van der Waals surface area contributed by atoms with E-state index in [1.807, 2.05) is 44.6 Å². The number of nitrogens with zero attached hydrogens (tertiary/aromatic N) is 6. The number of aromatic amines is 2. The molecule has 5 aromatic rings. The predicted octanol–water partition coefficient (Wildman–Crippen LogP) is 2.75. The van der Waals surface area contributed by atoms with Crippen LogP contribution in [0.15, 0.2) is 61.1 Å². The fourth-order valence-corrected chi connectivity index (χ4v) is 4.88. The summed E-state index contributed by atoms with van der Waals surface area (Å²) in [6, 6.07) is 10.3. The van der Waals surface area contributed by atoms with Crippen molar-refractivity contribution in [1.82, 2.24) is 39.9 Å². The Morgan fingerprint density at radius 3 is 2.87 bits per heavy atom. The van der Waals surface area contributed by atoms with Crippen molar-refractivity contribution in [2.75, 3.05) is 33.8 Å². The number of ether oxygens (including phenoxy) is 1. The van der Waals surface area contributed by atoms with Crippen molar-refractivity contribution in [3.63, 3.8) is 0 Å². The molecule has 10 heteroatoms. The minimum Gasteiger partial charge on any atom is -0.491 e. The number of aromatic nitrogens is 6. The lowest BCUT2D eigenvalue weighted by Gasteiger charge is -2.12. The Balaban J connectivity index is 1.24. The van der Waals surface area contributed by atoms with E-state index < -0.39 is 0 Å². The molecule has 0 atom stereocenters. The molecule has 0 amide bonds. The van der Waals surface area contributed by atoms with Gasteiger partial charge in [-0.3, -0.25) is 15.1 Å². The molecule has 39 heavy (non-hydrogen) atoms. The standard InChI is InChI=1S/C29H25FN8O/c1-37(2)10-11-39-20-13-18(14-31-15-20)23-7-6-21-25(24-16-38(23)24)28(36-35-21)29-33-22-8-9-32-26(27(22)34-29)17-4-3-5-19(30)12-17/h3-9,12-15,35H,10-11,16H2,1-2H3,(H,33,34). The third-order valence-corrected chi connectivity index (χ3v) is 6.85. The van der Waals surface area contributed by atoms with Gasteiger partial charge in [-0.25, -0.2) is 9.37 Å². The average molecular weight is 521 g/mol. The van der Waals surface area contributed by atoms with E-state index in [1.165, 1.54) is 12.1 Å². The minimum absolute atomic E-state index is 0.315. The van der Waals surface area contributed by atoms with E-state index in [0.29, 0.717) is 29.2 Å². The molecule has 2 aliphatic heterocycles. The van der Waals surface area contributed by atoms with E-state index >= 15 is 0 Å². The summed E-state index contributed by atoms with van der Waals surface area (Å²) in [5, 5.41) is 9.71. The maximum Gasteiger partial charge on any atom is 0.159 e. The van der Waals surface area contributed by atoms with Crippen molar-refractivity contribution >= 4 is 28.5 Å². The van der Waals surface area contributed by atoms with Gasteiger partial charge in [0.15, 0.2) is 5.82 Å². The number of rotatable bonds is 7. The van der Waals surface area contributed by atoms with Crippen LogP contribution in [0.1, 0.15) is 5.56 Å². The number of hydrogen-bond acceptors (Lipinski definition) is 7. The molecular weight excluding hydrogens is 495 g/mol. The molecule has 0 saturated carbocycles. The molecule has 0 unspecified atom stereocenters. The van der Waals surface area contributed by atoms with Gasteiger partial charge in [0.1, 0.15) is 29.4 Å². The van der Waals surface area contributed by atoms with Crippen molar-refractivity contribution < 1.29 is 9.13 Å². The van der Waals surface area contributed by atoms with Crippen LogP contribution in [0, 0.1) is 5.82 Å². The van der Waals surface area contributed by atoms with Crippen LogP contribution in [0.4, 0.5) is 4.39 Å². The zero-order valence-electron chi connectivity index (χ0n) is 21.4. The van der Waals surface area contributed by atoms with E-state index in [0.717, 1.165) is 57.6 Å². The summed E-state index contributed by atoms with van der Waals surface area (Å²) in [7, 11) is 4.04. The number of imidazole rings is 1. The smallest absolute Gasteiger partial charge is 0.159 e. The molecular formula is C29H25FN8O. The fraction of sp³-hybridized carbons (Fsp3) is 0.172.